The molecule has 0 bridgehead atoms. The predicted molar refractivity (Wildman–Crippen MR) is 78.9 cm³/mol. The van der Waals surface area contributed by atoms with Crippen molar-refractivity contribution < 1.29 is 0 Å². The van der Waals surface area contributed by atoms with Crippen LogP contribution in [0.5, 0.6) is 0 Å². The molecule has 0 aliphatic rings. The molecule has 2 aromatic rings. The summed E-state index contributed by atoms with van der Waals surface area (Å²) in [5, 5.41) is -0.0659. The Kier molecular flexibility index (Phi) is 4.03. The number of nitrogens with zero attached hydrogens (tertiary/aromatic N) is 2. The highest BCUT2D eigenvalue weighted by Gasteiger charge is 2.10. The number of hydrogen-bond acceptors (Lipinski definition) is 2. The van der Waals surface area contributed by atoms with E-state index in [0.29, 0.717) is 0 Å². The van der Waals surface area contributed by atoms with Crippen molar-refractivity contribution in [3.05, 3.63) is 45.7 Å². The largest absolute Gasteiger partial charge is 0.236 e. The van der Waals surface area contributed by atoms with E-state index < -0.39 is 0 Å². The van der Waals surface area contributed by atoms with Gasteiger partial charge in [0, 0.05) is 27.5 Å². The van der Waals surface area contributed by atoms with Crippen molar-refractivity contribution in [2.45, 2.75) is 26.1 Å². The Morgan fingerprint density at radius 1 is 1.28 bits per heavy atom. The lowest BCUT2D eigenvalue weighted by Crippen LogP contribution is -1.98. The molecule has 1 heterocycles. The van der Waals surface area contributed by atoms with Crippen LogP contribution >= 0.6 is 27.5 Å². The van der Waals surface area contributed by atoms with E-state index in [-0.39, 0.29) is 5.38 Å². The maximum atomic E-state index is 6.07. The first-order chi connectivity index (χ1) is 8.49. The first-order valence-corrected chi connectivity index (χ1v) is 6.96. The highest BCUT2D eigenvalue weighted by Crippen LogP contribution is 2.26. The third-order valence-electron chi connectivity index (χ3n) is 2.88. The van der Waals surface area contributed by atoms with Gasteiger partial charge in [-0.1, -0.05) is 28.1 Å². The maximum Gasteiger partial charge on any atom is 0.159 e. The SMILES string of the molecule is Cc1ccc(-c2ncc(C(C)Cl)c(C)n2)cc1Br. The summed E-state index contributed by atoms with van der Waals surface area (Å²) in [7, 11) is 0. The second kappa shape index (κ2) is 5.37. The Morgan fingerprint density at radius 3 is 2.56 bits per heavy atom. The van der Waals surface area contributed by atoms with Crippen LogP contribution in [0.25, 0.3) is 11.4 Å². The van der Waals surface area contributed by atoms with E-state index in [1.807, 2.05) is 32.2 Å². The number of rotatable bonds is 2. The first-order valence-electron chi connectivity index (χ1n) is 5.73. The predicted octanol–water partition coefficient (Wildman–Crippen LogP) is 4.82. The average molecular weight is 326 g/mol. The van der Waals surface area contributed by atoms with Gasteiger partial charge in [0.15, 0.2) is 5.82 Å². The van der Waals surface area contributed by atoms with Crippen molar-refractivity contribution in [3.63, 3.8) is 0 Å². The van der Waals surface area contributed by atoms with Crippen LogP contribution in [0.2, 0.25) is 0 Å². The smallest absolute Gasteiger partial charge is 0.159 e. The van der Waals surface area contributed by atoms with Gasteiger partial charge < -0.3 is 0 Å². The van der Waals surface area contributed by atoms with E-state index in [0.717, 1.165) is 27.1 Å². The number of halogens is 2. The molecule has 0 fully saturated rings. The summed E-state index contributed by atoms with van der Waals surface area (Å²) in [5.74, 6) is 0.731. The minimum absolute atomic E-state index is 0.0659. The highest BCUT2D eigenvalue weighted by atomic mass is 79.9. The molecule has 1 aromatic heterocycles. The van der Waals surface area contributed by atoms with Gasteiger partial charge in [-0.3, -0.25) is 0 Å². The van der Waals surface area contributed by atoms with Crippen molar-refractivity contribution in [1.82, 2.24) is 9.97 Å². The zero-order chi connectivity index (χ0) is 13.3. The van der Waals surface area contributed by atoms with Crippen LogP contribution in [0.1, 0.15) is 29.1 Å². The average Bonchev–Trinajstić information content (AvgIpc) is 2.32. The Morgan fingerprint density at radius 2 is 2.00 bits per heavy atom. The van der Waals surface area contributed by atoms with Crippen LogP contribution in [0.3, 0.4) is 0 Å². The lowest BCUT2D eigenvalue weighted by molar-refractivity contribution is 0.976. The van der Waals surface area contributed by atoms with E-state index in [1.165, 1.54) is 5.56 Å². The molecule has 0 spiro atoms. The molecule has 2 rings (SSSR count). The number of alkyl halides is 1. The van der Waals surface area contributed by atoms with Crippen LogP contribution in [0.15, 0.2) is 28.9 Å². The topological polar surface area (TPSA) is 25.8 Å². The summed E-state index contributed by atoms with van der Waals surface area (Å²) < 4.78 is 1.07. The van der Waals surface area contributed by atoms with Gasteiger partial charge in [0.2, 0.25) is 0 Å². The summed E-state index contributed by atoms with van der Waals surface area (Å²) >= 11 is 9.59. The van der Waals surface area contributed by atoms with Crippen LogP contribution in [0, 0.1) is 13.8 Å². The van der Waals surface area contributed by atoms with Crippen LogP contribution < -0.4 is 0 Å². The molecule has 0 aliphatic heterocycles. The van der Waals surface area contributed by atoms with Crippen molar-refractivity contribution in [2.24, 2.45) is 0 Å². The van der Waals surface area contributed by atoms with Crippen LogP contribution in [0.4, 0.5) is 0 Å². The fraction of sp³-hybridized carbons (Fsp3) is 0.286. The monoisotopic (exact) mass is 324 g/mol. The number of aromatic nitrogens is 2. The zero-order valence-corrected chi connectivity index (χ0v) is 12.9. The van der Waals surface area contributed by atoms with E-state index in [2.05, 4.69) is 38.9 Å². The Balaban J connectivity index is 2.45. The Labute approximate surface area is 121 Å². The number of hydrogen-bond donors (Lipinski definition) is 0. The van der Waals surface area contributed by atoms with Gasteiger partial charge in [0.1, 0.15) is 0 Å². The van der Waals surface area contributed by atoms with Gasteiger partial charge in [-0.05, 0) is 32.4 Å². The van der Waals surface area contributed by atoms with Crippen molar-refractivity contribution in [2.75, 3.05) is 0 Å². The van der Waals surface area contributed by atoms with Crippen LogP contribution in [-0.4, -0.2) is 9.97 Å². The zero-order valence-electron chi connectivity index (χ0n) is 10.5. The van der Waals surface area contributed by atoms with E-state index >= 15 is 0 Å². The third kappa shape index (κ3) is 2.73. The van der Waals surface area contributed by atoms with Crippen LogP contribution in [-0.2, 0) is 0 Å². The molecular formula is C14H14BrClN2. The van der Waals surface area contributed by atoms with E-state index in [1.54, 1.807) is 0 Å². The van der Waals surface area contributed by atoms with Gasteiger partial charge in [0.25, 0.3) is 0 Å². The third-order valence-corrected chi connectivity index (χ3v) is 3.97. The minimum atomic E-state index is -0.0659. The number of aryl methyl sites for hydroxylation is 2. The summed E-state index contributed by atoms with van der Waals surface area (Å²) in [5.41, 5.74) is 4.11. The van der Waals surface area contributed by atoms with E-state index in [4.69, 9.17) is 11.6 Å². The molecule has 1 aromatic carbocycles. The molecule has 0 saturated carbocycles. The lowest BCUT2D eigenvalue weighted by Gasteiger charge is -2.09. The number of benzene rings is 1. The molecule has 4 heteroatoms. The fourth-order valence-electron chi connectivity index (χ4n) is 1.74. The lowest BCUT2D eigenvalue weighted by atomic mass is 10.1. The molecule has 18 heavy (non-hydrogen) atoms. The van der Waals surface area contributed by atoms with Gasteiger partial charge in [-0.2, -0.15) is 0 Å². The summed E-state index contributed by atoms with van der Waals surface area (Å²) in [6, 6.07) is 6.11. The highest BCUT2D eigenvalue weighted by molar-refractivity contribution is 9.10. The fourth-order valence-corrected chi connectivity index (χ4v) is 2.33. The quantitative estimate of drug-likeness (QED) is 0.740. The van der Waals surface area contributed by atoms with Gasteiger partial charge in [0.05, 0.1) is 5.38 Å². The second-order valence-corrected chi connectivity index (χ2v) is 5.82. The molecule has 0 aliphatic carbocycles. The summed E-state index contributed by atoms with van der Waals surface area (Å²) in [4.78, 5) is 8.90. The molecule has 1 atom stereocenters. The van der Waals surface area contributed by atoms with Gasteiger partial charge >= 0.3 is 0 Å². The second-order valence-electron chi connectivity index (χ2n) is 4.31. The molecule has 0 N–H and O–H groups in total. The van der Waals surface area contributed by atoms with Gasteiger partial charge in [-0.25, -0.2) is 9.97 Å². The van der Waals surface area contributed by atoms with E-state index in [9.17, 15) is 0 Å². The summed E-state index contributed by atoms with van der Waals surface area (Å²) in [6.45, 7) is 5.94. The van der Waals surface area contributed by atoms with Crippen molar-refractivity contribution in [3.8, 4) is 11.4 Å². The Bertz CT molecular complexity index is 582. The molecule has 94 valence electrons. The first kappa shape index (κ1) is 13.5. The van der Waals surface area contributed by atoms with Crippen molar-refractivity contribution >= 4 is 27.5 Å². The molecular weight excluding hydrogens is 312 g/mol. The maximum absolute atomic E-state index is 6.07. The molecule has 2 nitrogen and oxygen atoms in total. The molecule has 0 amide bonds. The molecule has 1 unspecified atom stereocenters. The van der Waals surface area contributed by atoms with Crippen molar-refractivity contribution in [1.29, 1.82) is 0 Å². The normalized spacial score (nSPS) is 12.5. The summed E-state index contributed by atoms with van der Waals surface area (Å²) in [6.07, 6.45) is 1.81. The molecule has 0 saturated heterocycles. The standard InChI is InChI=1S/C14H14BrClN2/c1-8-4-5-11(6-13(8)15)14-17-7-12(9(2)16)10(3)18-14/h4-7,9H,1-3H3. The minimum Gasteiger partial charge on any atom is -0.236 e. The Hall–Kier alpha value is -0.930. The molecule has 0 radical (unpaired) electrons. The van der Waals surface area contributed by atoms with Gasteiger partial charge in [-0.15, -0.1) is 11.6 Å².